The van der Waals surface area contributed by atoms with E-state index in [-0.39, 0.29) is 5.78 Å². The summed E-state index contributed by atoms with van der Waals surface area (Å²) >= 11 is 0. The SMILES string of the molecule is CC(=O)c1cc(C)ccc1B1OC(C)(C)C(C)(C)O1. The number of hydrogen-bond acceptors (Lipinski definition) is 3. The second-order valence-electron chi connectivity index (χ2n) is 6.24. The van der Waals surface area contributed by atoms with Crippen LogP contribution in [-0.4, -0.2) is 24.1 Å². The van der Waals surface area contributed by atoms with Gasteiger partial charge in [-0.3, -0.25) is 4.79 Å². The van der Waals surface area contributed by atoms with Crippen LogP contribution in [0, 0.1) is 6.92 Å². The van der Waals surface area contributed by atoms with E-state index in [2.05, 4.69) is 0 Å². The van der Waals surface area contributed by atoms with Crippen LogP contribution in [0.15, 0.2) is 18.2 Å². The minimum absolute atomic E-state index is 0.0356. The second-order valence-corrected chi connectivity index (χ2v) is 6.24. The first-order chi connectivity index (χ1) is 8.64. The van der Waals surface area contributed by atoms with Gasteiger partial charge in [-0.25, -0.2) is 0 Å². The number of aryl methyl sites for hydroxylation is 1. The van der Waals surface area contributed by atoms with Crippen LogP contribution < -0.4 is 5.46 Å². The maximum absolute atomic E-state index is 11.8. The van der Waals surface area contributed by atoms with Gasteiger partial charge in [0.15, 0.2) is 5.78 Å². The lowest BCUT2D eigenvalue weighted by atomic mass is 9.74. The highest BCUT2D eigenvalue weighted by Crippen LogP contribution is 2.36. The monoisotopic (exact) mass is 260 g/mol. The Labute approximate surface area is 115 Å². The van der Waals surface area contributed by atoms with Gasteiger partial charge in [-0.05, 0) is 53.1 Å². The maximum Gasteiger partial charge on any atom is 0.495 e. The minimum atomic E-state index is -0.482. The molecule has 1 saturated heterocycles. The van der Waals surface area contributed by atoms with Crippen LogP contribution in [0.25, 0.3) is 0 Å². The third kappa shape index (κ3) is 2.47. The number of carbonyl (C=O) groups is 1. The summed E-state index contributed by atoms with van der Waals surface area (Å²) in [6, 6.07) is 5.80. The van der Waals surface area contributed by atoms with E-state index in [1.165, 1.54) is 0 Å². The molecule has 4 heteroatoms. The summed E-state index contributed by atoms with van der Waals surface area (Å²) in [6.07, 6.45) is 0. The molecule has 0 aliphatic carbocycles. The lowest BCUT2D eigenvalue weighted by Gasteiger charge is -2.32. The van der Waals surface area contributed by atoms with Gasteiger partial charge in [-0.2, -0.15) is 0 Å². The van der Waals surface area contributed by atoms with Crippen LogP contribution in [0.3, 0.4) is 0 Å². The van der Waals surface area contributed by atoms with Crippen LogP contribution in [0.2, 0.25) is 0 Å². The molecule has 102 valence electrons. The molecule has 0 N–H and O–H groups in total. The van der Waals surface area contributed by atoms with Gasteiger partial charge in [-0.1, -0.05) is 17.7 Å². The summed E-state index contributed by atoms with van der Waals surface area (Å²) in [5.41, 5.74) is 1.77. The van der Waals surface area contributed by atoms with Gasteiger partial charge >= 0.3 is 7.12 Å². The van der Waals surface area contributed by atoms with Gasteiger partial charge in [0.05, 0.1) is 11.2 Å². The quantitative estimate of drug-likeness (QED) is 0.605. The summed E-state index contributed by atoms with van der Waals surface area (Å²) in [6.45, 7) is 11.6. The fourth-order valence-electron chi connectivity index (χ4n) is 2.15. The van der Waals surface area contributed by atoms with Crippen LogP contribution in [0.4, 0.5) is 0 Å². The zero-order valence-corrected chi connectivity index (χ0v) is 12.5. The molecule has 1 aliphatic heterocycles. The molecule has 1 aromatic carbocycles. The van der Waals surface area contributed by atoms with Crippen molar-refractivity contribution in [3.8, 4) is 0 Å². The fraction of sp³-hybridized carbons (Fsp3) is 0.533. The summed E-state index contributed by atoms with van der Waals surface area (Å²) in [5.74, 6) is 0.0356. The lowest BCUT2D eigenvalue weighted by Crippen LogP contribution is -2.41. The van der Waals surface area contributed by atoms with E-state index in [0.29, 0.717) is 5.56 Å². The predicted octanol–water partition coefficient (Wildman–Crippen LogP) is 2.50. The molecule has 0 aromatic heterocycles. The van der Waals surface area contributed by atoms with Gasteiger partial charge in [0.1, 0.15) is 0 Å². The van der Waals surface area contributed by atoms with Gasteiger partial charge in [0.25, 0.3) is 0 Å². The first-order valence-electron chi connectivity index (χ1n) is 6.61. The summed E-state index contributed by atoms with van der Waals surface area (Å²) < 4.78 is 12.0. The van der Waals surface area contributed by atoms with Crippen LogP contribution >= 0.6 is 0 Å². The van der Waals surface area contributed by atoms with E-state index < -0.39 is 18.3 Å². The number of carbonyl (C=O) groups excluding carboxylic acids is 1. The molecule has 0 bridgehead atoms. The Hall–Kier alpha value is -1.13. The molecule has 1 fully saturated rings. The third-order valence-electron chi connectivity index (χ3n) is 4.10. The molecule has 0 atom stereocenters. The zero-order valence-electron chi connectivity index (χ0n) is 12.5. The Balaban J connectivity index is 2.42. The average Bonchev–Trinajstić information content (AvgIpc) is 2.47. The highest BCUT2D eigenvalue weighted by molar-refractivity contribution is 6.63. The Kier molecular flexibility index (Phi) is 3.35. The summed E-state index contributed by atoms with van der Waals surface area (Å²) in [5, 5.41) is 0. The van der Waals surface area contributed by atoms with Gasteiger partial charge < -0.3 is 9.31 Å². The topological polar surface area (TPSA) is 35.5 Å². The van der Waals surface area contributed by atoms with Crippen molar-refractivity contribution >= 4 is 18.4 Å². The highest BCUT2D eigenvalue weighted by Gasteiger charge is 2.52. The highest BCUT2D eigenvalue weighted by atomic mass is 16.7. The number of rotatable bonds is 2. The normalized spacial score (nSPS) is 20.6. The van der Waals surface area contributed by atoms with Crippen LogP contribution in [-0.2, 0) is 9.31 Å². The van der Waals surface area contributed by atoms with Crippen molar-refractivity contribution in [3.05, 3.63) is 29.3 Å². The summed E-state index contributed by atoms with van der Waals surface area (Å²) in [7, 11) is -0.482. The smallest absolute Gasteiger partial charge is 0.399 e. The molecule has 0 saturated carbocycles. The molecule has 0 unspecified atom stereocenters. The second kappa shape index (κ2) is 4.46. The molecular formula is C15H21BO3. The first kappa shape index (κ1) is 14.3. The van der Waals surface area contributed by atoms with Crippen molar-refractivity contribution < 1.29 is 14.1 Å². The molecule has 3 nitrogen and oxygen atoms in total. The lowest BCUT2D eigenvalue weighted by molar-refractivity contribution is 0.00578. The fourth-order valence-corrected chi connectivity index (χ4v) is 2.15. The van der Waals surface area contributed by atoms with Crippen molar-refractivity contribution in [1.29, 1.82) is 0 Å². The Bertz CT molecular complexity index is 504. The molecule has 1 aliphatic rings. The van der Waals surface area contributed by atoms with Crippen molar-refractivity contribution in [2.45, 2.75) is 52.7 Å². The third-order valence-corrected chi connectivity index (χ3v) is 4.10. The zero-order chi connectivity index (χ0) is 14.4. The van der Waals surface area contributed by atoms with Crippen LogP contribution in [0.1, 0.15) is 50.5 Å². The number of ketones is 1. The maximum atomic E-state index is 11.8. The molecule has 1 heterocycles. The molecule has 1 aromatic rings. The Morgan fingerprint density at radius 3 is 2.11 bits per heavy atom. The van der Waals surface area contributed by atoms with Crippen molar-refractivity contribution in [2.75, 3.05) is 0 Å². The average molecular weight is 260 g/mol. The molecule has 0 radical (unpaired) electrons. The molecule has 2 rings (SSSR count). The van der Waals surface area contributed by atoms with E-state index in [0.717, 1.165) is 11.0 Å². The number of hydrogen-bond donors (Lipinski definition) is 0. The predicted molar refractivity (Wildman–Crippen MR) is 76.9 cm³/mol. The Morgan fingerprint density at radius 2 is 1.63 bits per heavy atom. The van der Waals surface area contributed by atoms with E-state index in [4.69, 9.17) is 9.31 Å². The van der Waals surface area contributed by atoms with Gasteiger partial charge in [-0.15, -0.1) is 0 Å². The van der Waals surface area contributed by atoms with Crippen molar-refractivity contribution in [2.24, 2.45) is 0 Å². The number of Topliss-reactive ketones (excluding diaryl/α,β-unsaturated/α-hetero) is 1. The van der Waals surface area contributed by atoms with Gasteiger partial charge in [0.2, 0.25) is 0 Å². The molecule has 0 amide bonds. The minimum Gasteiger partial charge on any atom is -0.399 e. The molecule has 0 spiro atoms. The van der Waals surface area contributed by atoms with E-state index in [1.807, 2.05) is 52.8 Å². The standard InChI is InChI=1S/C15H21BO3/c1-10-7-8-13(12(9-10)11(2)17)16-18-14(3,4)15(5,6)19-16/h7-9H,1-6H3. The Morgan fingerprint density at radius 1 is 1.11 bits per heavy atom. The van der Waals surface area contributed by atoms with Crippen molar-refractivity contribution in [3.63, 3.8) is 0 Å². The summed E-state index contributed by atoms with van der Waals surface area (Å²) in [4.78, 5) is 11.8. The molecular weight excluding hydrogens is 239 g/mol. The largest absolute Gasteiger partial charge is 0.495 e. The van der Waals surface area contributed by atoms with E-state index in [1.54, 1.807) is 6.92 Å². The number of benzene rings is 1. The van der Waals surface area contributed by atoms with E-state index >= 15 is 0 Å². The van der Waals surface area contributed by atoms with Gasteiger partial charge in [0, 0.05) is 5.56 Å². The first-order valence-corrected chi connectivity index (χ1v) is 6.61. The van der Waals surface area contributed by atoms with Crippen molar-refractivity contribution in [1.82, 2.24) is 0 Å². The van der Waals surface area contributed by atoms with Crippen LogP contribution in [0.5, 0.6) is 0 Å². The molecule has 19 heavy (non-hydrogen) atoms. The van der Waals surface area contributed by atoms with E-state index in [9.17, 15) is 4.79 Å².